The Hall–Kier alpha value is -3.38. The van der Waals surface area contributed by atoms with Crippen molar-refractivity contribution in [2.45, 2.75) is 0 Å². The van der Waals surface area contributed by atoms with Crippen LogP contribution in [-0.2, 0) is 0 Å². The van der Waals surface area contributed by atoms with E-state index < -0.39 is 0 Å². The smallest absolute Gasteiger partial charge is 0.150 e. The van der Waals surface area contributed by atoms with Gasteiger partial charge in [-0.05, 0) is 24.3 Å². The molecule has 0 saturated heterocycles. The lowest BCUT2D eigenvalue weighted by atomic mass is 10.1. The number of hydrogen-bond donors (Lipinski definition) is 1. The first-order chi connectivity index (χ1) is 11.3. The van der Waals surface area contributed by atoms with Crippen LogP contribution in [0.25, 0.3) is 21.8 Å². The monoisotopic (exact) mass is 295 g/mol. The summed E-state index contributed by atoms with van der Waals surface area (Å²) in [7, 11) is 0. The average Bonchev–Trinajstić information content (AvgIpc) is 2.61. The second-order valence-corrected chi connectivity index (χ2v) is 5.25. The van der Waals surface area contributed by atoms with Gasteiger partial charge in [0, 0.05) is 28.1 Å². The number of nitrogens with zero attached hydrogens (tertiary/aromatic N) is 2. The summed E-state index contributed by atoms with van der Waals surface area (Å²) < 4.78 is 0. The van der Waals surface area contributed by atoms with E-state index in [2.05, 4.69) is 21.8 Å². The average molecular weight is 295 g/mol. The molecule has 0 aliphatic carbocycles. The van der Waals surface area contributed by atoms with E-state index in [0.717, 1.165) is 27.4 Å². The Kier molecular flexibility index (Phi) is 3.14. The molecule has 0 unspecified atom stereocenters. The molecule has 0 saturated carbocycles. The van der Waals surface area contributed by atoms with Gasteiger partial charge in [-0.3, -0.25) is 4.98 Å². The Morgan fingerprint density at radius 1 is 0.783 bits per heavy atom. The zero-order valence-corrected chi connectivity index (χ0v) is 12.3. The second kappa shape index (κ2) is 5.43. The van der Waals surface area contributed by atoms with E-state index in [1.807, 2.05) is 60.7 Å². The molecule has 4 rings (SSSR count). The predicted molar refractivity (Wildman–Crippen MR) is 93.9 cm³/mol. The Balaban J connectivity index is 1.91. The molecule has 2 N–H and O–H groups in total. The zero-order valence-electron chi connectivity index (χ0n) is 12.3. The lowest BCUT2D eigenvalue weighted by Gasteiger charge is -2.05. The third-order valence-corrected chi connectivity index (χ3v) is 3.69. The maximum Gasteiger partial charge on any atom is 0.150 e. The van der Waals surface area contributed by atoms with Crippen molar-refractivity contribution in [1.82, 2.24) is 9.97 Å². The normalized spacial score (nSPS) is 10.4. The van der Waals surface area contributed by atoms with E-state index in [1.54, 1.807) is 6.20 Å². The van der Waals surface area contributed by atoms with Gasteiger partial charge in [0.05, 0.1) is 5.52 Å². The molecule has 3 heteroatoms. The van der Waals surface area contributed by atoms with Gasteiger partial charge >= 0.3 is 0 Å². The summed E-state index contributed by atoms with van der Waals surface area (Å²) in [4.78, 5) is 8.86. The molecule has 0 amide bonds. The number of para-hydroxylation sites is 1. The van der Waals surface area contributed by atoms with E-state index in [0.29, 0.717) is 11.3 Å². The van der Waals surface area contributed by atoms with Crippen molar-refractivity contribution in [1.29, 1.82) is 0 Å². The van der Waals surface area contributed by atoms with Crippen molar-refractivity contribution in [3.8, 4) is 11.8 Å². The van der Waals surface area contributed by atoms with Crippen LogP contribution in [0, 0.1) is 11.8 Å². The van der Waals surface area contributed by atoms with Crippen LogP contribution in [0.2, 0.25) is 0 Å². The van der Waals surface area contributed by atoms with Crippen LogP contribution < -0.4 is 5.73 Å². The summed E-state index contributed by atoms with van der Waals surface area (Å²) in [5.41, 5.74) is 9.45. The lowest BCUT2D eigenvalue weighted by molar-refractivity contribution is 1.35. The molecule has 2 aromatic carbocycles. The third-order valence-electron chi connectivity index (χ3n) is 3.69. The molecule has 2 heterocycles. The zero-order chi connectivity index (χ0) is 15.6. The largest absolute Gasteiger partial charge is 0.382 e. The first-order valence-corrected chi connectivity index (χ1v) is 7.32. The highest BCUT2D eigenvalue weighted by Gasteiger charge is 2.07. The number of hydrogen-bond acceptors (Lipinski definition) is 3. The van der Waals surface area contributed by atoms with Gasteiger partial charge in [-0.1, -0.05) is 48.2 Å². The molecule has 0 spiro atoms. The van der Waals surface area contributed by atoms with Crippen molar-refractivity contribution in [2.75, 3.05) is 5.73 Å². The maximum absolute atomic E-state index is 6.03. The van der Waals surface area contributed by atoms with E-state index in [9.17, 15) is 0 Å². The quantitative estimate of drug-likeness (QED) is 0.397. The van der Waals surface area contributed by atoms with Crippen molar-refractivity contribution >= 4 is 27.6 Å². The number of anilines is 1. The van der Waals surface area contributed by atoms with Crippen LogP contribution >= 0.6 is 0 Å². The summed E-state index contributed by atoms with van der Waals surface area (Å²) >= 11 is 0. The van der Waals surface area contributed by atoms with Gasteiger partial charge in [-0.2, -0.15) is 0 Å². The number of nitrogens with two attached hydrogens (primary N) is 1. The first kappa shape index (κ1) is 13.3. The molecule has 0 aliphatic heterocycles. The van der Waals surface area contributed by atoms with Crippen molar-refractivity contribution in [2.24, 2.45) is 0 Å². The van der Waals surface area contributed by atoms with Gasteiger partial charge in [0.2, 0.25) is 0 Å². The molecular weight excluding hydrogens is 282 g/mol. The van der Waals surface area contributed by atoms with Crippen LogP contribution in [-0.4, -0.2) is 9.97 Å². The topological polar surface area (TPSA) is 51.8 Å². The number of nitrogen functional groups attached to an aromatic ring is 1. The van der Waals surface area contributed by atoms with Crippen LogP contribution in [0.4, 0.5) is 5.82 Å². The molecule has 3 nitrogen and oxygen atoms in total. The Morgan fingerprint density at radius 2 is 1.52 bits per heavy atom. The fraction of sp³-hybridized carbons (Fsp3) is 0. The summed E-state index contributed by atoms with van der Waals surface area (Å²) in [5, 5.41) is 2.01. The molecule has 0 radical (unpaired) electrons. The molecule has 0 fully saturated rings. The lowest BCUT2D eigenvalue weighted by Crippen LogP contribution is -1.95. The Labute approximate surface area is 133 Å². The number of benzene rings is 2. The van der Waals surface area contributed by atoms with Crippen molar-refractivity contribution in [3.05, 3.63) is 78.0 Å². The van der Waals surface area contributed by atoms with Gasteiger partial charge in [-0.15, -0.1) is 0 Å². The maximum atomic E-state index is 6.03. The Bertz CT molecular complexity index is 1070. The minimum absolute atomic E-state index is 0.446. The van der Waals surface area contributed by atoms with Gasteiger partial charge in [0.25, 0.3) is 0 Å². The Morgan fingerprint density at radius 3 is 2.39 bits per heavy atom. The summed E-state index contributed by atoms with van der Waals surface area (Å²) in [6.07, 6.45) is 1.74. The molecule has 2 aromatic heterocycles. The van der Waals surface area contributed by atoms with Crippen LogP contribution in [0.5, 0.6) is 0 Å². The molecule has 23 heavy (non-hydrogen) atoms. The highest BCUT2D eigenvalue weighted by molar-refractivity contribution is 6.08. The summed E-state index contributed by atoms with van der Waals surface area (Å²) in [6, 6.07) is 19.8. The van der Waals surface area contributed by atoms with Crippen LogP contribution in [0.1, 0.15) is 11.1 Å². The number of fused-ring (bicyclic) bond motifs is 3. The molecule has 108 valence electrons. The van der Waals surface area contributed by atoms with E-state index in [1.165, 1.54) is 0 Å². The summed E-state index contributed by atoms with van der Waals surface area (Å²) in [5.74, 6) is 6.76. The summed E-state index contributed by atoms with van der Waals surface area (Å²) in [6.45, 7) is 0. The minimum atomic E-state index is 0.446. The second-order valence-electron chi connectivity index (χ2n) is 5.25. The molecule has 0 bridgehead atoms. The van der Waals surface area contributed by atoms with Gasteiger partial charge < -0.3 is 5.73 Å². The minimum Gasteiger partial charge on any atom is -0.382 e. The molecule has 4 aromatic rings. The van der Waals surface area contributed by atoms with Gasteiger partial charge in [-0.25, -0.2) is 4.98 Å². The first-order valence-electron chi connectivity index (χ1n) is 7.32. The van der Waals surface area contributed by atoms with Crippen LogP contribution in [0.15, 0.2) is 66.9 Å². The molecular formula is C20H13N3. The standard InChI is InChI=1S/C20H13N3/c21-20-19-17(16-8-4-5-9-18(16)23-20)12-15(13-22-19)11-10-14-6-2-1-3-7-14/h1-9,12-13H,(H2,21,23). The number of pyridine rings is 2. The SMILES string of the molecule is Nc1nc2ccccc2c2cc(C#Cc3ccccc3)cnc12. The van der Waals surface area contributed by atoms with Crippen molar-refractivity contribution < 1.29 is 0 Å². The van der Waals surface area contributed by atoms with Crippen LogP contribution in [0.3, 0.4) is 0 Å². The van der Waals surface area contributed by atoms with E-state index in [-0.39, 0.29) is 0 Å². The molecule has 0 atom stereocenters. The molecule has 0 aliphatic rings. The number of aromatic nitrogens is 2. The highest BCUT2D eigenvalue weighted by atomic mass is 14.9. The van der Waals surface area contributed by atoms with Crippen molar-refractivity contribution in [3.63, 3.8) is 0 Å². The predicted octanol–water partition coefficient (Wildman–Crippen LogP) is 3.77. The van der Waals surface area contributed by atoms with E-state index >= 15 is 0 Å². The van der Waals surface area contributed by atoms with Gasteiger partial charge in [0.1, 0.15) is 5.52 Å². The third kappa shape index (κ3) is 2.47. The fourth-order valence-corrected chi connectivity index (χ4v) is 2.59. The highest BCUT2D eigenvalue weighted by Crippen LogP contribution is 2.26. The number of rotatable bonds is 0. The van der Waals surface area contributed by atoms with Gasteiger partial charge in [0.15, 0.2) is 5.82 Å². The fourth-order valence-electron chi connectivity index (χ4n) is 2.59. The van der Waals surface area contributed by atoms with E-state index in [4.69, 9.17) is 5.73 Å².